The van der Waals surface area contributed by atoms with Crippen LogP contribution in [0.5, 0.6) is 5.75 Å². The van der Waals surface area contributed by atoms with Crippen molar-refractivity contribution in [2.24, 2.45) is 0 Å². The second-order valence-electron chi connectivity index (χ2n) is 5.79. The number of carbonyl (C=O) groups excluding carboxylic acids is 3. The summed E-state index contributed by atoms with van der Waals surface area (Å²) in [5.74, 6) is -1.23. The van der Waals surface area contributed by atoms with Crippen LogP contribution in [0.25, 0.3) is 10.8 Å². The molecule has 0 saturated heterocycles. The Morgan fingerprint density at radius 1 is 1.07 bits per heavy atom. The quantitative estimate of drug-likeness (QED) is 0.286. The van der Waals surface area contributed by atoms with Crippen molar-refractivity contribution in [2.45, 2.75) is 20.0 Å². The van der Waals surface area contributed by atoms with Crippen molar-refractivity contribution in [1.29, 1.82) is 0 Å². The normalized spacial score (nSPS) is 11.5. The van der Waals surface area contributed by atoms with Gasteiger partial charge in [-0.25, -0.2) is 4.79 Å². The number of amides is 2. The van der Waals surface area contributed by atoms with E-state index in [9.17, 15) is 14.4 Å². The van der Waals surface area contributed by atoms with Crippen molar-refractivity contribution >= 4 is 45.9 Å². The van der Waals surface area contributed by atoms with Crippen LogP contribution in [-0.2, 0) is 19.1 Å². The molecule has 0 bridgehead atoms. The minimum atomic E-state index is -0.814. The Hall–Kier alpha value is -3.46. The highest BCUT2D eigenvalue weighted by atomic mass is 32.1. The number of fused-ring (bicyclic) bond motifs is 1. The summed E-state index contributed by atoms with van der Waals surface area (Å²) >= 11 is 4.90. The van der Waals surface area contributed by atoms with E-state index >= 15 is 0 Å². The zero-order chi connectivity index (χ0) is 21.2. The number of benzene rings is 2. The van der Waals surface area contributed by atoms with Crippen LogP contribution in [0, 0.1) is 0 Å². The fourth-order valence-corrected chi connectivity index (χ4v) is 2.39. The van der Waals surface area contributed by atoms with Crippen LogP contribution in [-0.4, -0.2) is 35.6 Å². The minimum absolute atomic E-state index is 0.144. The van der Waals surface area contributed by atoms with Crippen molar-refractivity contribution < 1.29 is 23.9 Å². The first kappa shape index (κ1) is 21.8. The van der Waals surface area contributed by atoms with Gasteiger partial charge in [-0.15, -0.1) is 0 Å². The maximum Gasteiger partial charge on any atom is 0.330 e. The van der Waals surface area contributed by atoms with Gasteiger partial charge in [0.15, 0.2) is 11.2 Å². The molecule has 1 atom stereocenters. The first-order valence-corrected chi connectivity index (χ1v) is 9.21. The Labute approximate surface area is 173 Å². The first-order valence-electron chi connectivity index (χ1n) is 8.80. The average molecular weight is 415 g/mol. The zero-order valence-electron chi connectivity index (χ0n) is 15.9. The van der Waals surface area contributed by atoms with E-state index < -0.39 is 23.9 Å². The SMILES string of the molecule is CCOC(=O)/C=C/C(=O)NC(=S)NNC(=O)[C@@H](C)Oc1ccc2ccccc2c1. The van der Waals surface area contributed by atoms with E-state index in [2.05, 4.69) is 20.9 Å². The summed E-state index contributed by atoms with van der Waals surface area (Å²) in [6.07, 6.45) is 1.13. The number of thiocarbonyl (C=S) groups is 1. The van der Waals surface area contributed by atoms with Gasteiger partial charge in [-0.3, -0.25) is 25.8 Å². The number of hydrogen-bond donors (Lipinski definition) is 3. The van der Waals surface area contributed by atoms with E-state index in [4.69, 9.17) is 17.0 Å². The van der Waals surface area contributed by atoms with Gasteiger partial charge in [0.2, 0.25) is 5.91 Å². The maximum atomic E-state index is 12.1. The third kappa shape index (κ3) is 7.23. The Balaban J connectivity index is 1.79. The zero-order valence-corrected chi connectivity index (χ0v) is 16.7. The number of carbonyl (C=O) groups is 3. The van der Waals surface area contributed by atoms with Crippen LogP contribution < -0.4 is 20.9 Å². The van der Waals surface area contributed by atoms with Gasteiger partial charge in [-0.05, 0) is 49.0 Å². The molecule has 0 unspecified atom stereocenters. The standard InChI is InChI=1S/C20H21N3O5S/c1-3-27-18(25)11-10-17(24)21-20(29)23-22-19(26)13(2)28-16-9-8-14-6-4-5-7-15(14)12-16/h4-13H,3H2,1-2H3,(H,22,26)(H2,21,23,24,29)/b11-10+/t13-/m1/s1. The molecule has 8 nitrogen and oxygen atoms in total. The fraction of sp³-hybridized carbons (Fsp3) is 0.200. The van der Waals surface area contributed by atoms with E-state index in [0.717, 1.165) is 22.9 Å². The van der Waals surface area contributed by atoms with Crippen LogP contribution in [0.15, 0.2) is 54.6 Å². The molecule has 2 aromatic rings. The molecule has 2 amide bonds. The van der Waals surface area contributed by atoms with Crippen LogP contribution in [0.2, 0.25) is 0 Å². The van der Waals surface area contributed by atoms with E-state index in [-0.39, 0.29) is 11.7 Å². The van der Waals surface area contributed by atoms with Gasteiger partial charge >= 0.3 is 5.97 Å². The lowest BCUT2D eigenvalue weighted by molar-refractivity contribution is -0.137. The smallest absolute Gasteiger partial charge is 0.330 e. The number of rotatable bonds is 6. The van der Waals surface area contributed by atoms with Gasteiger partial charge in [0.1, 0.15) is 5.75 Å². The number of ether oxygens (including phenoxy) is 2. The van der Waals surface area contributed by atoms with E-state index in [1.54, 1.807) is 19.9 Å². The summed E-state index contributed by atoms with van der Waals surface area (Å²) in [6.45, 7) is 3.43. The van der Waals surface area contributed by atoms with Gasteiger partial charge in [0.05, 0.1) is 6.61 Å². The molecule has 0 spiro atoms. The lowest BCUT2D eigenvalue weighted by atomic mass is 10.1. The largest absolute Gasteiger partial charge is 0.481 e. The van der Waals surface area contributed by atoms with Gasteiger partial charge in [-0.1, -0.05) is 30.3 Å². The predicted octanol–water partition coefficient (Wildman–Crippen LogP) is 1.75. The Morgan fingerprint density at radius 3 is 2.52 bits per heavy atom. The minimum Gasteiger partial charge on any atom is -0.481 e. The lowest BCUT2D eigenvalue weighted by Crippen LogP contribution is -2.51. The molecule has 152 valence electrons. The maximum absolute atomic E-state index is 12.1. The number of nitrogens with one attached hydrogen (secondary N) is 3. The number of esters is 1. The van der Waals surface area contributed by atoms with Gasteiger partial charge in [0, 0.05) is 12.2 Å². The molecule has 0 fully saturated rings. The number of hydrogen-bond acceptors (Lipinski definition) is 6. The molecular formula is C20H21N3O5S. The third-order valence-electron chi connectivity index (χ3n) is 3.60. The molecule has 0 heterocycles. The van der Waals surface area contributed by atoms with Crippen LogP contribution in [0.4, 0.5) is 0 Å². The molecule has 2 aromatic carbocycles. The van der Waals surface area contributed by atoms with Gasteiger partial charge < -0.3 is 9.47 Å². The van der Waals surface area contributed by atoms with Gasteiger partial charge in [-0.2, -0.15) is 0 Å². The second kappa shape index (κ2) is 10.8. The highest BCUT2D eigenvalue weighted by Crippen LogP contribution is 2.21. The molecule has 0 radical (unpaired) electrons. The Kier molecular flexibility index (Phi) is 8.11. The monoisotopic (exact) mass is 415 g/mol. The Morgan fingerprint density at radius 2 is 1.79 bits per heavy atom. The molecule has 0 aromatic heterocycles. The molecule has 0 aliphatic heterocycles. The van der Waals surface area contributed by atoms with E-state index in [1.807, 2.05) is 36.4 Å². The summed E-state index contributed by atoms with van der Waals surface area (Å²) in [5.41, 5.74) is 4.74. The second-order valence-corrected chi connectivity index (χ2v) is 6.20. The van der Waals surface area contributed by atoms with Crippen molar-refractivity contribution in [2.75, 3.05) is 6.61 Å². The highest BCUT2D eigenvalue weighted by Gasteiger charge is 2.15. The van der Waals surface area contributed by atoms with Crippen LogP contribution in [0.3, 0.4) is 0 Å². The molecular weight excluding hydrogens is 394 g/mol. The van der Waals surface area contributed by atoms with Crippen LogP contribution in [0.1, 0.15) is 13.8 Å². The topological polar surface area (TPSA) is 106 Å². The first-order chi connectivity index (χ1) is 13.9. The van der Waals surface area contributed by atoms with E-state index in [0.29, 0.717) is 5.75 Å². The van der Waals surface area contributed by atoms with Gasteiger partial charge in [0.25, 0.3) is 5.91 Å². The predicted molar refractivity (Wildman–Crippen MR) is 112 cm³/mol. The average Bonchev–Trinajstić information content (AvgIpc) is 2.70. The summed E-state index contributed by atoms with van der Waals surface area (Å²) in [5, 5.41) is 4.19. The molecule has 0 aliphatic rings. The molecule has 29 heavy (non-hydrogen) atoms. The number of hydrazine groups is 1. The molecule has 0 aliphatic carbocycles. The Bertz CT molecular complexity index is 945. The molecule has 3 N–H and O–H groups in total. The van der Waals surface area contributed by atoms with Crippen molar-refractivity contribution in [3.8, 4) is 5.75 Å². The highest BCUT2D eigenvalue weighted by molar-refractivity contribution is 7.80. The summed E-state index contributed by atoms with van der Waals surface area (Å²) < 4.78 is 10.3. The third-order valence-corrected chi connectivity index (χ3v) is 3.80. The van der Waals surface area contributed by atoms with Crippen molar-refractivity contribution in [3.05, 3.63) is 54.6 Å². The molecule has 9 heteroatoms. The summed E-state index contributed by atoms with van der Waals surface area (Å²) in [4.78, 5) is 34.9. The van der Waals surface area contributed by atoms with E-state index in [1.165, 1.54) is 0 Å². The lowest BCUT2D eigenvalue weighted by Gasteiger charge is -2.16. The molecule has 0 saturated carbocycles. The molecule has 2 rings (SSSR count). The van der Waals surface area contributed by atoms with Crippen molar-refractivity contribution in [3.63, 3.8) is 0 Å². The summed E-state index contributed by atoms with van der Waals surface area (Å²) in [7, 11) is 0. The summed E-state index contributed by atoms with van der Waals surface area (Å²) in [6, 6.07) is 13.3. The fourth-order valence-electron chi connectivity index (χ4n) is 2.24. The van der Waals surface area contributed by atoms with Crippen molar-refractivity contribution in [1.82, 2.24) is 16.2 Å². The van der Waals surface area contributed by atoms with Crippen LogP contribution >= 0.6 is 12.2 Å².